The average molecular weight is 460 g/mol. The van der Waals surface area contributed by atoms with Crippen LogP contribution in [0.2, 0.25) is 0 Å². The molecule has 2 aromatic rings. The van der Waals surface area contributed by atoms with E-state index in [0.717, 1.165) is 23.0 Å². The van der Waals surface area contributed by atoms with E-state index in [0.29, 0.717) is 30.4 Å². The van der Waals surface area contributed by atoms with Crippen LogP contribution in [0, 0.1) is 11.6 Å². The van der Waals surface area contributed by atoms with Crippen LogP contribution < -0.4 is 13.9 Å². The zero-order valence-electron chi connectivity index (χ0n) is 16.6. The highest BCUT2D eigenvalue weighted by atomic mass is 35.5. The van der Waals surface area contributed by atoms with Gasteiger partial charge in [0.15, 0.2) is 11.6 Å². The van der Waals surface area contributed by atoms with Gasteiger partial charge in [-0.15, -0.1) is 12.4 Å². The van der Waals surface area contributed by atoms with Crippen LogP contribution >= 0.6 is 23.4 Å². The Labute approximate surface area is 184 Å². The summed E-state index contributed by atoms with van der Waals surface area (Å²) in [7, 11) is -3.63. The third-order valence-corrected chi connectivity index (χ3v) is 7.47. The second-order valence-electron chi connectivity index (χ2n) is 7.59. The summed E-state index contributed by atoms with van der Waals surface area (Å²) in [5.41, 5.74) is 0.507. The normalized spacial score (nSPS) is 19.3. The minimum atomic E-state index is -3.63. The lowest BCUT2D eigenvalue weighted by Crippen LogP contribution is -2.36. The van der Waals surface area contributed by atoms with Crippen LogP contribution in [-0.4, -0.2) is 28.2 Å². The molecule has 0 bridgehead atoms. The summed E-state index contributed by atoms with van der Waals surface area (Å²) in [6.07, 6.45) is 6.85. The largest absolute Gasteiger partial charge is 0.314 e. The highest BCUT2D eigenvalue weighted by Crippen LogP contribution is 2.64. The van der Waals surface area contributed by atoms with Crippen molar-refractivity contribution in [3.05, 3.63) is 54.1 Å². The van der Waals surface area contributed by atoms with Crippen molar-refractivity contribution in [3.63, 3.8) is 0 Å². The van der Waals surface area contributed by atoms with Gasteiger partial charge in [-0.3, -0.25) is 13.4 Å². The van der Waals surface area contributed by atoms with Gasteiger partial charge in [-0.05, 0) is 61.0 Å². The fraction of sp³-hybridized carbons (Fsp3) is 0.429. The molecule has 0 unspecified atom stereocenters. The van der Waals surface area contributed by atoms with E-state index in [1.807, 2.05) is 0 Å². The Hall–Kier alpha value is -1.58. The van der Waals surface area contributed by atoms with Crippen LogP contribution in [0.4, 0.5) is 25.8 Å². The highest BCUT2D eigenvalue weighted by molar-refractivity contribution is 8.27. The smallest absolute Gasteiger partial charge is 0.151 e. The molecule has 0 atom stereocenters. The van der Waals surface area contributed by atoms with E-state index in [1.54, 1.807) is 24.3 Å². The van der Waals surface area contributed by atoms with Gasteiger partial charge in [0.05, 0.1) is 11.4 Å². The standard InChI is InChI=1S/C21H27F2N3O2S.ClH/c22-17-10-6-11-18(23)21(17)26-20-13-5-4-12-19(20)25(29(26,27)28)15-7-14-24-16-8-2-1-3-9-16;/h4-6,10-13,16,24,27-28H,1-3,7-9,14-15H2;1H. The van der Waals surface area contributed by atoms with E-state index in [-0.39, 0.29) is 12.4 Å². The molecule has 0 amide bonds. The van der Waals surface area contributed by atoms with Crippen molar-refractivity contribution in [2.45, 2.75) is 44.6 Å². The summed E-state index contributed by atoms with van der Waals surface area (Å²) in [5, 5.41) is 3.54. The number of hydrogen-bond acceptors (Lipinski definition) is 5. The van der Waals surface area contributed by atoms with Gasteiger partial charge >= 0.3 is 0 Å². The van der Waals surface area contributed by atoms with E-state index >= 15 is 0 Å². The zero-order chi connectivity index (χ0) is 20.4. The maximum atomic E-state index is 14.5. The minimum absolute atomic E-state index is 0. The first-order chi connectivity index (χ1) is 14.0. The molecule has 1 aliphatic carbocycles. The number of para-hydroxylation sites is 3. The molecular weight excluding hydrogens is 432 g/mol. The fourth-order valence-corrected chi connectivity index (χ4v) is 6.04. The molecule has 0 saturated heterocycles. The third kappa shape index (κ3) is 4.38. The number of nitrogens with one attached hydrogen (secondary N) is 1. The topological polar surface area (TPSA) is 59.0 Å². The van der Waals surface area contributed by atoms with E-state index in [4.69, 9.17) is 0 Å². The number of anilines is 3. The number of nitrogens with zero attached hydrogens (tertiary/aromatic N) is 2. The summed E-state index contributed by atoms with van der Waals surface area (Å²) in [5.74, 6) is -1.67. The highest BCUT2D eigenvalue weighted by Gasteiger charge is 2.43. The third-order valence-electron chi connectivity index (χ3n) is 5.63. The Morgan fingerprint density at radius 2 is 1.57 bits per heavy atom. The first-order valence-electron chi connectivity index (χ1n) is 10.1. The maximum absolute atomic E-state index is 14.5. The molecule has 30 heavy (non-hydrogen) atoms. The average Bonchev–Trinajstić information content (AvgIpc) is 2.93. The van der Waals surface area contributed by atoms with E-state index in [2.05, 4.69) is 5.32 Å². The Kier molecular flexibility index (Phi) is 7.47. The van der Waals surface area contributed by atoms with Crippen molar-refractivity contribution < 1.29 is 17.9 Å². The lowest BCUT2D eigenvalue weighted by molar-refractivity contribution is 0.373. The Balaban J connectivity index is 0.00000256. The van der Waals surface area contributed by atoms with Gasteiger partial charge in [-0.25, -0.2) is 13.1 Å². The lowest BCUT2D eigenvalue weighted by Gasteiger charge is -2.43. The molecule has 0 spiro atoms. The Morgan fingerprint density at radius 3 is 2.23 bits per heavy atom. The molecule has 0 aromatic heterocycles. The molecule has 9 heteroatoms. The number of fused-ring (bicyclic) bond motifs is 1. The number of hydrogen-bond donors (Lipinski definition) is 3. The van der Waals surface area contributed by atoms with Gasteiger partial charge in [0.25, 0.3) is 0 Å². The van der Waals surface area contributed by atoms with Crippen LogP contribution in [0.5, 0.6) is 0 Å². The molecule has 2 aliphatic rings. The van der Waals surface area contributed by atoms with Crippen molar-refractivity contribution in [1.29, 1.82) is 0 Å². The van der Waals surface area contributed by atoms with Crippen LogP contribution in [0.15, 0.2) is 42.5 Å². The molecule has 1 heterocycles. The predicted molar refractivity (Wildman–Crippen MR) is 122 cm³/mol. The summed E-state index contributed by atoms with van der Waals surface area (Å²) >= 11 is 0. The van der Waals surface area contributed by atoms with Gasteiger partial charge in [0.1, 0.15) is 5.69 Å². The predicted octanol–water partition coefficient (Wildman–Crippen LogP) is 6.24. The van der Waals surface area contributed by atoms with Gasteiger partial charge in [-0.2, -0.15) is 0 Å². The van der Waals surface area contributed by atoms with Crippen molar-refractivity contribution in [2.24, 2.45) is 0 Å². The monoisotopic (exact) mass is 459 g/mol. The lowest BCUT2D eigenvalue weighted by atomic mass is 9.95. The molecule has 1 aliphatic heterocycles. The molecule has 0 radical (unpaired) electrons. The van der Waals surface area contributed by atoms with E-state index in [9.17, 15) is 17.9 Å². The molecule has 1 saturated carbocycles. The number of rotatable bonds is 6. The summed E-state index contributed by atoms with van der Waals surface area (Å²) in [6.45, 7) is 1.12. The molecule has 166 valence electrons. The number of benzene rings is 2. The second-order valence-corrected chi connectivity index (χ2v) is 9.37. The van der Waals surface area contributed by atoms with Crippen molar-refractivity contribution >= 4 is 40.4 Å². The minimum Gasteiger partial charge on any atom is -0.314 e. The molecular formula is C21H28ClF2N3O2S. The van der Waals surface area contributed by atoms with Gasteiger partial charge in [0.2, 0.25) is 0 Å². The Morgan fingerprint density at radius 1 is 0.933 bits per heavy atom. The van der Waals surface area contributed by atoms with Crippen molar-refractivity contribution in [3.8, 4) is 0 Å². The molecule has 5 nitrogen and oxygen atoms in total. The van der Waals surface area contributed by atoms with Crippen molar-refractivity contribution in [1.82, 2.24) is 5.32 Å². The van der Waals surface area contributed by atoms with Crippen LogP contribution in [0.1, 0.15) is 38.5 Å². The van der Waals surface area contributed by atoms with Gasteiger partial charge < -0.3 is 5.32 Å². The quantitative estimate of drug-likeness (QED) is 0.446. The second kappa shape index (κ2) is 9.70. The van der Waals surface area contributed by atoms with E-state index in [1.165, 1.54) is 42.5 Å². The van der Waals surface area contributed by atoms with E-state index < -0.39 is 28.3 Å². The Bertz CT molecular complexity index is 848. The summed E-state index contributed by atoms with van der Waals surface area (Å²) in [4.78, 5) is 0. The van der Waals surface area contributed by atoms with Gasteiger partial charge in [0, 0.05) is 12.6 Å². The van der Waals surface area contributed by atoms with Crippen LogP contribution in [0.25, 0.3) is 0 Å². The number of halogens is 3. The first-order valence-corrected chi connectivity index (χ1v) is 11.6. The van der Waals surface area contributed by atoms with Crippen LogP contribution in [0.3, 0.4) is 0 Å². The molecule has 1 fully saturated rings. The van der Waals surface area contributed by atoms with Crippen molar-refractivity contribution in [2.75, 3.05) is 21.7 Å². The molecule has 3 N–H and O–H groups in total. The SMILES string of the molecule is Cl.OS1(O)N(CCCNC2CCCCC2)c2ccccc2N1c1c(F)cccc1F. The first kappa shape index (κ1) is 23.1. The molecule has 4 rings (SSSR count). The molecule has 2 aromatic carbocycles. The summed E-state index contributed by atoms with van der Waals surface area (Å²) in [6, 6.07) is 10.9. The zero-order valence-corrected chi connectivity index (χ0v) is 18.3. The fourth-order valence-electron chi connectivity index (χ4n) is 4.21. The maximum Gasteiger partial charge on any atom is 0.151 e. The van der Waals surface area contributed by atoms with Gasteiger partial charge in [-0.1, -0.05) is 37.5 Å². The summed E-state index contributed by atoms with van der Waals surface area (Å²) < 4.78 is 53.4. The van der Waals surface area contributed by atoms with Crippen LogP contribution in [-0.2, 0) is 0 Å².